The van der Waals surface area contributed by atoms with Crippen molar-refractivity contribution in [2.24, 2.45) is 0 Å². The molecule has 0 fully saturated rings. The third-order valence-corrected chi connectivity index (χ3v) is 9.03. The van der Waals surface area contributed by atoms with Gasteiger partial charge in [-0.05, 0) is 43.9 Å². The van der Waals surface area contributed by atoms with Gasteiger partial charge in [-0.15, -0.1) is 11.8 Å². The molecule has 0 saturated heterocycles. The van der Waals surface area contributed by atoms with Crippen LogP contribution in [0, 0.1) is 0 Å². The van der Waals surface area contributed by atoms with E-state index in [9.17, 15) is 8.42 Å². The van der Waals surface area contributed by atoms with Gasteiger partial charge in [-0.1, -0.05) is 36.4 Å². The first kappa shape index (κ1) is 22.4. The maximum absolute atomic E-state index is 16.2. The van der Waals surface area contributed by atoms with Crippen molar-refractivity contribution in [1.82, 2.24) is 19.2 Å². The Morgan fingerprint density at radius 2 is 2.00 bits per heavy atom. The maximum atomic E-state index is 16.2. The molecule has 174 valence electrons. The number of ether oxygens (including phenoxy) is 1. The molecule has 1 N–H and O–H groups in total. The van der Waals surface area contributed by atoms with Gasteiger partial charge in [0, 0.05) is 22.1 Å². The molecular formula is C24H21FN4O3S2. The highest BCUT2D eigenvalue weighted by Gasteiger charge is 2.49. The van der Waals surface area contributed by atoms with E-state index in [0.29, 0.717) is 27.6 Å². The molecule has 0 saturated carbocycles. The molecule has 2 aromatic carbocycles. The van der Waals surface area contributed by atoms with Gasteiger partial charge in [0.1, 0.15) is 16.8 Å². The number of thioether (sulfide) groups is 1. The van der Waals surface area contributed by atoms with Gasteiger partial charge in [0.15, 0.2) is 17.4 Å². The molecule has 1 atom stereocenters. The summed E-state index contributed by atoms with van der Waals surface area (Å²) in [5, 5.41) is 7.38. The fourth-order valence-electron chi connectivity index (χ4n) is 3.96. The lowest BCUT2D eigenvalue weighted by Crippen LogP contribution is -2.42. The molecule has 5 rings (SSSR count). The van der Waals surface area contributed by atoms with Crippen LogP contribution in [0.15, 0.2) is 89.7 Å². The minimum atomic E-state index is -4.17. The minimum Gasteiger partial charge on any atom is -0.453 e. The number of nitrogens with one attached hydrogen (secondary N) is 1. The highest BCUT2D eigenvalue weighted by atomic mass is 32.2. The molecule has 0 amide bonds. The lowest BCUT2D eigenvalue weighted by Gasteiger charge is -2.32. The summed E-state index contributed by atoms with van der Waals surface area (Å²) in [4.78, 5) is 4.66. The van der Waals surface area contributed by atoms with Gasteiger partial charge >= 0.3 is 0 Å². The molecule has 2 aromatic heterocycles. The predicted octanol–water partition coefficient (Wildman–Crippen LogP) is 5.27. The number of para-hydroxylation sites is 1. The maximum Gasteiger partial charge on any atom is 0.251 e. The summed E-state index contributed by atoms with van der Waals surface area (Å²) in [5.74, 6) is -0.0404. The lowest BCUT2D eigenvalue weighted by molar-refractivity contribution is 0.375. The van der Waals surface area contributed by atoms with Crippen molar-refractivity contribution in [2.75, 3.05) is 6.26 Å². The number of hydrogen-bond acceptors (Lipinski definition) is 6. The summed E-state index contributed by atoms with van der Waals surface area (Å²) in [6, 6.07) is 15.7. The average Bonchev–Trinajstić information content (AvgIpc) is 3.53. The van der Waals surface area contributed by atoms with Crippen LogP contribution < -0.4 is 4.74 Å². The highest BCUT2D eigenvalue weighted by molar-refractivity contribution is 8.02. The zero-order valence-corrected chi connectivity index (χ0v) is 20.0. The number of hydrogen-bond donors (Lipinski definition) is 1. The Kier molecular flexibility index (Phi) is 5.57. The van der Waals surface area contributed by atoms with Crippen LogP contribution in [-0.4, -0.2) is 38.6 Å². The normalized spacial score (nSPS) is 18.9. The Bertz CT molecular complexity index is 1540. The number of benzene rings is 2. The minimum absolute atomic E-state index is 0.0190. The van der Waals surface area contributed by atoms with E-state index in [1.807, 2.05) is 18.2 Å². The van der Waals surface area contributed by atoms with Crippen LogP contribution in [0.25, 0.3) is 22.3 Å². The van der Waals surface area contributed by atoms with Gasteiger partial charge in [0.25, 0.3) is 10.0 Å². The van der Waals surface area contributed by atoms with E-state index in [2.05, 4.69) is 15.2 Å². The smallest absolute Gasteiger partial charge is 0.251 e. The first-order chi connectivity index (χ1) is 16.3. The zero-order chi connectivity index (χ0) is 23.9. The molecule has 1 unspecified atom stereocenters. The van der Waals surface area contributed by atoms with Crippen molar-refractivity contribution in [2.45, 2.75) is 18.1 Å². The molecule has 0 aliphatic heterocycles. The Hall–Kier alpha value is -3.37. The Labute approximate surface area is 200 Å². The third-order valence-electron chi connectivity index (χ3n) is 5.92. The van der Waals surface area contributed by atoms with Crippen molar-refractivity contribution in [1.29, 1.82) is 0 Å². The number of H-pyrrole nitrogens is 1. The van der Waals surface area contributed by atoms with Gasteiger partial charge in [-0.3, -0.25) is 5.10 Å². The first-order valence-electron chi connectivity index (χ1n) is 10.4. The lowest BCUT2D eigenvalue weighted by atomic mass is 9.99. The summed E-state index contributed by atoms with van der Waals surface area (Å²) in [6.07, 6.45) is 6.35. The van der Waals surface area contributed by atoms with Crippen LogP contribution in [0.2, 0.25) is 0 Å². The number of allylic oxidation sites excluding steroid dienone is 1. The van der Waals surface area contributed by atoms with Crippen LogP contribution in [0.4, 0.5) is 4.39 Å². The summed E-state index contributed by atoms with van der Waals surface area (Å²) in [7, 11) is -4.17. The second-order valence-corrected chi connectivity index (χ2v) is 11.1. The molecule has 0 bridgehead atoms. The standard InChI is InChI=1S/C24H21FN4O3S2/c1-24(34(30,31)29-13-11-16-6-3-4-9-19(16)29)12-10-20(33-2)21(22(24)25)32-18-8-5-7-17(14-18)23-26-15-27-28-23/h3-11,13-15H,12H2,1-2H3,(H,26,27,28). The summed E-state index contributed by atoms with van der Waals surface area (Å²) < 4.78 is 49.0. The first-order valence-corrected chi connectivity index (χ1v) is 13.1. The summed E-state index contributed by atoms with van der Waals surface area (Å²) in [6.45, 7) is 1.40. The van der Waals surface area contributed by atoms with Crippen LogP contribution in [-0.2, 0) is 10.0 Å². The number of nitrogens with zero attached hydrogens (tertiary/aromatic N) is 3. The molecule has 0 radical (unpaired) electrons. The van der Waals surface area contributed by atoms with Crippen molar-refractivity contribution in [3.8, 4) is 17.1 Å². The largest absolute Gasteiger partial charge is 0.453 e. The molecule has 34 heavy (non-hydrogen) atoms. The molecule has 1 aliphatic carbocycles. The monoisotopic (exact) mass is 496 g/mol. The molecular weight excluding hydrogens is 475 g/mol. The number of halogens is 1. The number of aromatic nitrogens is 4. The third kappa shape index (κ3) is 3.54. The van der Waals surface area contributed by atoms with Crippen molar-refractivity contribution < 1.29 is 17.5 Å². The van der Waals surface area contributed by atoms with E-state index in [-0.39, 0.29) is 12.2 Å². The van der Waals surface area contributed by atoms with Crippen molar-refractivity contribution >= 4 is 32.7 Å². The molecule has 0 spiro atoms. The molecule has 7 nitrogen and oxygen atoms in total. The molecule has 1 aliphatic rings. The second kappa shape index (κ2) is 8.44. The van der Waals surface area contributed by atoms with E-state index in [1.165, 1.54) is 31.2 Å². The van der Waals surface area contributed by atoms with E-state index >= 15 is 4.39 Å². The number of fused-ring (bicyclic) bond motifs is 1. The van der Waals surface area contributed by atoms with Crippen molar-refractivity contribution in [3.63, 3.8) is 0 Å². The zero-order valence-electron chi connectivity index (χ0n) is 18.4. The van der Waals surface area contributed by atoms with E-state index < -0.39 is 20.6 Å². The summed E-state index contributed by atoms with van der Waals surface area (Å²) in [5.41, 5.74) is 1.20. The van der Waals surface area contributed by atoms with E-state index in [4.69, 9.17) is 4.74 Å². The quantitative estimate of drug-likeness (QED) is 0.391. The van der Waals surface area contributed by atoms with Crippen LogP contribution in [0.5, 0.6) is 5.75 Å². The summed E-state index contributed by atoms with van der Waals surface area (Å²) >= 11 is 1.30. The van der Waals surface area contributed by atoms with Crippen molar-refractivity contribution in [3.05, 3.63) is 89.7 Å². The van der Waals surface area contributed by atoms with Gasteiger partial charge in [-0.25, -0.2) is 21.8 Å². The highest BCUT2D eigenvalue weighted by Crippen LogP contribution is 2.44. The van der Waals surface area contributed by atoms with Gasteiger partial charge < -0.3 is 4.74 Å². The fourth-order valence-corrected chi connectivity index (χ4v) is 6.22. The number of rotatable bonds is 6. The Morgan fingerprint density at radius 3 is 2.76 bits per heavy atom. The van der Waals surface area contributed by atoms with E-state index in [0.717, 1.165) is 9.36 Å². The average molecular weight is 497 g/mol. The van der Waals surface area contributed by atoms with Crippen LogP contribution in [0.1, 0.15) is 13.3 Å². The topological polar surface area (TPSA) is 89.9 Å². The van der Waals surface area contributed by atoms with Crippen LogP contribution in [0.3, 0.4) is 0 Å². The number of aromatic amines is 1. The molecule has 2 heterocycles. The van der Waals surface area contributed by atoms with Crippen LogP contribution >= 0.6 is 11.8 Å². The van der Waals surface area contributed by atoms with E-state index in [1.54, 1.807) is 48.7 Å². The molecule has 4 aromatic rings. The molecule has 10 heteroatoms. The van der Waals surface area contributed by atoms with Gasteiger partial charge in [0.05, 0.1) is 5.52 Å². The Morgan fingerprint density at radius 1 is 1.18 bits per heavy atom. The fraction of sp³-hybridized carbons (Fsp3) is 0.167. The second-order valence-electron chi connectivity index (χ2n) is 7.99. The van der Waals surface area contributed by atoms with Gasteiger partial charge in [0.2, 0.25) is 0 Å². The predicted molar refractivity (Wildman–Crippen MR) is 131 cm³/mol. The Balaban J connectivity index is 1.58. The van der Waals surface area contributed by atoms with Gasteiger partial charge in [-0.2, -0.15) is 5.10 Å². The SMILES string of the molecule is CSC1=CCC(C)(S(=O)(=O)n2ccc3ccccc32)C(F)=C1Oc1cccc(-c2ncn[nH]2)c1.